The van der Waals surface area contributed by atoms with Crippen LogP contribution in [0.4, 0.5) is 0 Å². The van der Waals surface area contributed by atoms with Crippen LogP contribution in [-0.2, 0) is 11.2 Å². The standard InChI is InChI=1S/C16H22BrNO3/c1-11-10-18(7-6-13(11)17)16(19)9-12-4-5-14(20-2)15(8-12)21-3/h4-5,8,11,13H,6-7,9-10H2,1-3H3. The second kappa shape index (κ2) is 7.16. The second-order valence-corrected chi connectivity index (χ2v) is 6.66. The van der Waals surface area contributed by atoms with Crippen molar-refractivity contribution >= 4 is 21.8 Å². The lowest BCUT2D eigenvalue weighted by Crippen LogP contribution is -2.43. The van der Waals surface area contributed by atoms with E-state index in [2.05, 4.69) is 22.9 Å². The number of halogens is 1. The van der Waals surface area contributed by atoms with E-state index in [4.69, 9.17) is 9.47 Å². The number of ether oxygens (including phenoxy) is 2. The van der Waals surface area contributed by atoms with Gasteiger partial charge in [0.1, 0.15) is 0 Å². The minimum Gasteiger partial charge on any atom is -0.493 e. The summed E-state index contributed by atoms with van der Waals surface area (Å²) in [7, 11) is 3.21. The molecule has 1 aliphatic rings. The molecule has 0 aromatic heterocycles. The van der Waals surface area contributed by atoms with Crippen LogP contribution in [-0.4, -0.2) is 42.9 Å². The van der Waals surface area contributed by atoms with Crippen LogP contribution >= 0.6 is 15.9 Å². The van der Waals surface area contributed by atoms with Gasteiger partial charge in [0.25, 0.3) is 0 Å². The van der Waals surface area contributed by atoms with Gasteiger partial charge in [-0.05, 0) is 30.0 Å². The van der Waals surface area contributed by atoms with Gasteiger partial charge in [-0.2, -0.15) is 0 Å². The molecule has 0 radical (unpaired) electrons. The highest BCUT2D eigenvalue weighted by atomic mass is 79.9. The summed E-state index contributed by atoms with van der Waals surface area (Å²) < 4.78 is 10.5. The molecule has 2 rings (SSSR count). The van der Waals surface area contributed by atoms with Gasteiger partial charge in [0, 0.05) is 17.9 Å². The molecule has 1 fully saturated rings. The monoisotopic (exact) mass is 355 g/mol. The zero-order valence-electron chi connectivity index (χ0n) is 12.8. The molecule has 0 N–H and O–H groups in total. The number of carbonyl (C=O) groups is 1. The molecule has 4 nitrogen and oxygen atoms in total. The summed E-state index contributed by atoms with van der Waals surface area (Å²) in [5, 5.41) is 0. The van der Waals surface area contributed by atoms with Crippen LogP contribution in [0.5, 0.6) is 11.5 Å². The van der Waals surface area contributed by atoms with Crippen LogP contribution < -0.4 is 9.47 Å². The Hall–Kier alpha value is -1.23. The summed E-state index contributed by atoms with van der Waals surface area (Å²) >= 11 is 3.66. The molecule has 21 heavy (non-hydrogen) atoms. The Balaban J connectivity index is 2.02. The second-order valence-electron chi connectivity index (χ2n) is 5.49. The molecule has 0 spiro atoms. The van der Waals surface area contributed by atoms with Crippen LogP contribution in [0, 0.1) is 5.92 Å². The van der Waals surface area contributed by atoms with Crippen LogP contribution in [0.15, 0.2) is 18.2 Å². The first-order valence-electron chi connectivity index (χ1n) is 7.18. The quantitative estimate of drug-likeness (QED) is 0.779. The minimum atomic E-state index is 0.175. The highest BCUT2D eigenvalue weighted by molar-refractivity contribution is 9.09. The third-order valence-corrected chi connectivity index (χ3v) is 5.32. The molecule has 2 unspecified atom stereocenters. The van der Waals surface area contributed by atoms with Gasteiger partial charge in [-0.25, -0.2) is 0 Å². The number of piperidine rings is 1. The van der Waals surface area contributed by atoms with E-state index in [9.17, 15) is 4.79 Å². The first-order valence-corrected chi connectivity index (χ1v) is 8.09. The van der Waals surface area contributed by atoms with Crippen molar-refractivity contribution < 1.29 is 14.3 Å². The maximum absolute atomic E-state index is 12.4. The van der Waals surface area contributed by atoms with Crippen molar-refractivity contribution in [2.24, 2.45) is 5.92 Å². The van der Waals surface area contributed by atoms with E-state index in [-0.39, 0.29) is 5.91 Å². The van der Waals surface area contributed by atoms with Gasteiger partial charge in [-0.15, -0.1) is 0 Å². The van der Waals surface area contributed by atoms with Crippen molar-refractivity contribution in [2.45, 2.75) is 24.6 Å². The zero-order valence-corrected chi connectivity index (χ0v) is 14.4. The number of carbonyl (C=O) groups excluding carboxylic acids is 1. The van der Waals surface area contributed by atoms with E-state index < -0.39 is 0 Å². The molecule has 1 aromatic rings. The fourth-order valence-electron chi connectivity index (χ4n) is 2.62. The Morgan fingerprint density at radius 3 is 2.67 bits per heavy atom. The molecule has 1 saturated heterocycles. The number of amides is 1. The summed E-state index contributed by atoms with van der Waals surface area (Å²) in [4.78, 5) is 14.9. The maximum Gasteiger partial charge on any atom is 0.227 e. The summed E-state index contributed by atoms with van der Waals surface area (Å²) in [6.07, 6.45) is 1.42. The van der Waals surface area contributed by atoms with E-state index in [0.29, 0.717) is 28.7 Å². The molecule has 0 saturated carbocycles. The number of likely N-dealkylation sites (tertiary alicyclic amines) is 1. The molecule has 0 bridgehead atoms. The molecule has 1 amide bonds. The van der Waals surface area contributed by atoms with Crippen molar-refractivity contribution in [2.75, 3.05) is 27.3 Å². The average molecular weight is 356 g/mol. The minimum absolute atomic E-state index is 0.175. The van der Waals surface area contributed by atoms with Crippen molar-refractivity contribution in [3.05, 3.63) is 23.8 Å². The molecule has 1 heterocycles. The van der Waals surface area contributed by atoms with Gasteiger partial charge >= 0.3 is 0 Å². The number of benzene rings is 1. The lowest BCUT2D eigenvalue weighted by Gasteiger charge is -2.34. The van der Waals surface area contributed by atoms with Gasteiger partial charge in [0.2, 0.25) is 5.91 Å². The van der Waals surface area contributed by atoms with Crippen molar-refractivity contribution in [1.82, 2.24) is 4.90 Å². The average Bonchev–Trinajstić information content (AvgIpc) is 2.49. The molecule has 116 valence electrons. The molecular formula is C16H22BrNO3. The molecule has 1 aromatic carbocycles. The van der Waals surface area contributed by atoms with Crippen molar-refractivity contribution in [3.63, 3.8) is 0 Å². The zero-order chi connectivity index (χ0) is 15.4. The summed E-state index contributed by atoms with van der Waals surface area (Å²) in [5.74, 6) is 2.01. The fourth-order valence-corrected chi connectivity index (χ4v) is 2.99. The van der Waals surface area contributed by atoms with E-state index in [1.165, 1.54) is 0 Å². The molecular weight excluding hydrogens is 334 g/mol. The Bertz CT molecular complexity index is 506. The number of methoxy groups -OCH3 is 2. The van der Waals surface area contributed by atoms with Crippen LogP contribution in [0.2, 0.25) is 0 Å². The summed E-state index contributed by atoms with van der Waals surface area (Å²) in [6, 6.07) is 5.63. The van der Waals surface area contributed by atoms with Crippen molar-refractivity contribution in [1.29, 1.82) is 0 Å². The Kier molecular flexibility index (Phi) is 5.51. The van der Waals surface area contributed by atoms with E-state index in [1.54, 1.807) is 14.2 Å². The number of rotatable bonds is 4. The fraction of sp³-hybridized carbons (Fsp3) is 0.562. The number of nitrogens with zero attached hydrogens (tertiary/aromatic N) is 1. The molecule has 1 aliphatic heterocycles. The summed E-state index contributed by atoms with van der Waals surface area (Å²) in [6.45, 7) is 3.82. The highest BCUT2D eigenvalue weighted by Crippen LogP contribution is 2.28. The molecule has 5 heteroatoms. The number of alkyl halides is 1. The normalized spacial score (nSPS) is 22.0. The van der Waals surface area contributed by atoms with Gasteiger partial charge in [-0.3, -0.25) is 4.79 Å². The first kappa shape index (κ1) is 16.1. The van der Waals surface area contributed by atoms with E-state index in [1.807, 2.05) is 23.1 Å². The molecule has 2 atom stereocenters. The van der Waals surface area contributed by atoms with Gasteiger partial charge in [0.15, 0.2) is 11.5 Å². The summed E-state index contributed by atoms with van der Waals surface area (Å²) in [5.41, 5.74) is 0.950. The third kappa shape index (κ3) is 3.90. The van der Waals surface area contributed by atoms with Crippen molar-refractivity contribution in [3.8, 4) is 11.5 Å². The lowest BCUT2D eigenvalue weighted by atomic mass is 9.99. The third-order valence-electron chi connectivity index (χ3n) is 3.96. The van der Waals surface area contributed by atoms with Crippen LogP contribution in [0.3, 0.4) is 0 Å². The predicted octanol–water partition coefficient (Wildman–Crippen LogP) is 2.88. The maximum atomic E-state index is 12.4. The largest absolute Gasteiger partial charge is 0.493 e. The Morgan fingerprint density at radius 1 is 1.33 bits per heavy atom. The predicted molar refractivity (Wildman–Crippen MR) is 86.3 cm³/mol. The van der Waals surface area contributed by atoms with Gasteiger partial charge in [-0.1, -0.05) is 28.9 Å². The lowest BCUT2D eigenvalue weighted by molar-refractivity contribution is -0.132. The number of hydrogen-bond donors (Lipinski definition) is 0. The highest BCUT2D eigenvalue weighted by Gasteiger charge is 2.26. The van der Waals surface area contributed by atoms with Crippen LogP contribution in [0.1, 0.15) is 18.9 Å². The Labute approximate surface area is 134 Å². The SMILES string of the molecule is COc1ccc(CC(=O)N2CCC(Br)C(C)C2)cc1OC. The number of hydrogen-bond acceptors (Lipinski definition) is 3. The van der Waals surface area contributed by atoms with Gasteiger partial charge in [0.05, 0.1) is 20.6 Å². The Morgan fingerprint density at radius 2 is 2.05 bits per heavy atom. The van der Waals surface area contributed by atoms with Gasteiger partial charge < -0.3 is 14.4 Å². The smallest absolute Gasteiger partial charge is 0.227 e. The van der Waals surface area contributed by atoms with E-state index >= 15 is 0 Å². The molecule has 0 aliphatic carbocycles. The first-order chi connectivity index (χ1) is 10.0. The topological polar surface area (TPSA) is 38.8 Å². The van der Waals surface area contributed by atoms with Crippen LogP contribution in [0.25, 0.3) is 0 Å². The van der Waals surface area contributed by atoms with E-state index in [0.717, 1.165) is 25.1 Å².